The zero-order chi connectivity index (χ0) is 11.5. The molecule has 1 N–H and O–H groups in total. The molecule has 0 spiro atoms. The molecule has 1 aromatic heterocycles. The van der Waals surface area contributed by atoms with Crippen LogP contribution in [0.3, 0.4) is 0 Å². The monoisotopic (exact) mass is 239 g/mol. The van der Waals surface area contributed by atoms with Crippen LogP contribution < -0.4 is 5.32 Å². The zero-order valence-corrected chi connectivity index (χ0v) is 10.6. The molecule has 1 fully saturated rings. The predicted molar refractivity (Wildman–Crippen MR) is 66.8 cm³/mol. The van der Waals surface area contributed by atoms with Crippen LogP contribution in [0.4, 0.5) is 5.82 Å². The van der Waals surface area contributed by atoms with E-state index in [1.165, 1.54) is 32.0 Å². The molecule has 1 unspecified atom stereocenters. The summed E-state index contributed by atoms with van der Waals surface area (Å²) < 4.78 is 0. The zero-order valence-electron chi connectivity index (χ0n) is 9.83. The number of nitrogens with zero attached hydrogens (tertiary/aromatic N) is 2. The van der Waals surface area contributed by atoms with Crippen LogP contribution in [-0.4, -0.2) is 16.0 Å². The van der Waals surface area contributed by atoms with Crippen molar-refractivity contribution in [1.82, 2.24) is 9.97 Å². The van der Waals surface area contributed by atoms with Crippen LogP contribution in [0.5, 0.6) is 0 Å². The van der Waals surface area contributed by atoms with Gasteiger partial charge in [0.1, 0.15) is 17.3 Å². The number of hydrogen-bond acceptors (Lipinski definition) is 3. The van der Waals surface area contributed by atoms with Crippen molar-refractivity contribution in [3.8, 4) is 0 Å². The average molecular weight is 240 g/mol. The number of aromatic nitrogens is 2. The van der Waals surface area contributed by atoms with E-state index < -0.39 is 0 Å². The Kier molecular flexibility index (Phi) is 3.64. The highest BCUT2D eigenvalue weighted by atomic mass is 35.5. The molecule has 1 saturated carbocycles. The fourth-order valence-corrected chi connectivity index (χ4v) is 2.50. The Morgan fingerprint density at radius 1 is 1.38 bits per heavy atom. The van der Waals surface area contributed by atoms with Crippen LogP contribution in [-0.2, 0) is 0 Å². The molecule has 16 heavy (non-hydrogen) atoms. The maximum Gasteiger partial charge on any atom is 0.137 e. The smallest absolute Gasteiger partial charge is 0.137 e. The highest BCUT2D eigenvalue weighted by Gasteiger charge is 2.22. The Morgan fingerprint density at radius 3 is 2.75 bits per heavy atom. The second-order valence-electron chi connectivity index (χ2n) is 4.62. The Morgan fingerprint density at radius 2 is 2.06 bits per heavy atom. The van der Waals surface area contributed by atoms with Crippen molar-refractivity contribution < 1.29 is 0 Å². The quantitative estimate of drug-likeness (QED) is 0.822. The fourth-order valence-electron chi connectivity index (χ4n) is 2.37. The van der Waals surface area contributed by atoms with Crippen molar-refractivity contribution in [1.29, 1.82) is 0 Å². The van der Waals surface area contributed by atoms with Gasteiger partial charge in [-0.25, -0.2) is 9.97 Å². The number of hydrogen-bond donors (Lipinski definition) is 1. The van der Waals surface area contributed by atoms with Crippen molar-refractivity contribution in [2.45, 2.75) is 45.6 Å². The lowest BCUT2D eigenvalue weighted by Gasteiger charge is -2.21. The second-order valence-corrected chi connectivity index (χ2v) is 4.97. The summed E-state index contributed by atoms with van der Waals surface area (Å²) in [6, 6.07) is 0.465. The Labute approximate surface area is 102 Å². The molecule has 2 rings (SSSR count). The second kappa shape index (κ2) is 5.00. The molecule has 0 aliphatic heterocycles. The Hall–Kier alpha value is -0.830. The van der Waals surface area contributed by atoms with Gasteiger partial charge < -0.3 is 5.32 Å². The van der Waals surface area contributed by atoms with Crippen LogP contribution in [0, 0.1) is 12.8 Å². The molecule has 0 amide bonds. The third-order valence-electron chi connectivity index (χ3n) is 3.49. The lowest BCUT2D eigenvalue weighted by atomic mass is 10.00. The van der Waals surface area contributed by atoms with Crippen LogP contribution in [0.2, 0.25) is 5.15 Å². The van der Waals surface area contributed by atoms with Gasteiger partial charge in [-0.05, 0) is 32.6 Å². The average Bonchev–Trinajstić information content (AvgIpc) is 2.78. The molecule has 1 aliphatic carbocycles. The van der Waals surface area contributed by atoms with E-state index in [9.17, 15) is 0 Å². The first-order valence-electron chi connectivity index (χ1n) is 5.92. The van der Waals surface area contributed by atoms with Gasteiger partial charge in [-0.3, -0.25) is 0 Å². The van der Waals surface area contributed by atoms with Crippen molar-refractivity contribution in [3.05, 3.63) is 17.0 Å². The van der Waals surface area contributed by atoms with E-state index in [-0.39, 0.29) is 0 Å². The molecular formula is C12H18ClN3. The van der Waals surface area contributed by atoms with E-state index in [2.05, 4.69) is 22.2 Å². The SMILES string of the molecule is Cc1c(Cl)ncnc1NC(C)C1CCCC1. The summed E-state index contributed by atoms with van der Waals surface area (Å²) in [7, 11) is 0. The van der Waals surface area contributed by atoms with E-state index in [1.54, 1.807) is 0 Å². The van der Waals surface area contributed by atoms with Gasteiger partial charge in [0.2, 0.25) is 0 Å². The van der Waals surface area contributed by atoms with Crippen molar-refractivity contribution in [2.75, 3.05) is 5.32 Å². The molecule has 4 heteroatoms. The molecule has 0 bridgehead atoms. The molecule has 3 nitrogen and oxygen atoms in total. The number of nitrogens with one attached hydrogen (secondary N) is 1. The molecule has 1 aliphatic rings. The summed E-state index contributed by atoms with van der Waals surface area (Å²) in [5, 5.41) is 4.00. The van der Waals surface area contributed by atoms with E-state index in [0.717, 1.165) is 17.3 Å². The Bertz CT molecular complexity index is 361. The maximum absolute atomic E-state index is 5.97. The molecule has 1 heterocycles. The van der Waals surface area contributed by atoms with Gasteiger partial charge in [-0.2, -0.15) is 0 Å². The van der Waals surface area contributed by atoms with Gasteiger partial charge in [-0.1, -0.05) is 24.4 Å². The van der Waals surface area contributed by atoms with Gasteiger partial charge in [-0.15, -0.1) is 0 Å². The first-order valence-corrected chi connectivity index (χ1v) is 6.30. The summed E-state index contributed by atoms with van der Waals surface area (Å²) in [6.45, 7) is 4.18. The van der Waals surface area contributed by atoms with Crippen LogP contribution in [0.25, 0.3) is 0 Å². The first-order chi connectivity index (χ1) is 7.68. The minimum absolute atomic E-state index is 0.465. The standard InChI is InChI=1S/C12H18ClN3/c1-8-11(13)14-7-15-12(8)16-9(2)10-5-3-4-6-10/h7,9-10H,3-6H2,1-2H3,(H,14,15,16). The minimum Gasteiger partial charge on any atom is -0.367 e. The van der Waals surface area contributed by atoms with Gasteiger partial charge in [0.15, 0.2) is 0 Å². The van der Waals surface area contributed by atoms with Crippen molar-refractivity contribution >= 4 is 17.4 Å². The molecule has 0 radical (unpaired) electrons. The normalized spacial score (nSPS) is 18.7. The number of rotatable bonds is 3. The first kappa shape index (κ1) is 11.6. The van der Waals surface area contributed by atoms with E-state index in [1.807, 2.05) is 6.92 Å². The summed E-state index contributed by atoms with van der Waals surface area (Å²) >= 11 is 5.97. The van der Waals surface area contributed by atoms with E-state index in [0.29, 0.717) is 11.2 Å². The lowest BCUT2D eigenvalue weighted by Crippen LogP contribution is -2.24. The van der Waals surface area contributed by atoms with Gasteiger partial charge in [0.25, 0.3) is 0 Å². The highest BCUT2D eigenvalue weighted by molar-refractivity contribution is 6.30. The largest absolute Gasteiger partial charge is 0.367 e. The summed E-state index contributed by atoms with van der Waals surface area (Å²) in [5.74, 6) is 1.65. The number of anilines is 1. The molecule has 1 aromatic rings. The third kappa shape index (κ3) is 2.46. The number of halogens is 1. The lowest BCUT2D eigenvalue weighted by molar-refractivity contribution is 0.481. The molecule has 88 valence electrons. The molecule has 0 saturated heterocycles. The Balaban J connectivity index is 2.05. The van der Waals surface area contributed by atoms with Gasteiger partial charge >= 0.3 is 0 Å². The maximum atomic E-state index is 5.97. The van der Waals surface area contributed by atoms with Gasteiger partial charge in [0, 0.05) is 11.6 Å². The van der Waals surface area contributed by atoms with Gasteiger partial charge in [0.05, 0.1) is 0 Å². The topological polar surface area (TPSA) is 37.8 Å². The summed E-state index contributed by atoms with van der Waals surface area (Å²) in [4.78, 5) is 8.20. The molecule has 0 aromatic carbocycles. The highest BCUT2D eigenvalue weighted by Crippen LogP contribution is 2.29. The van der Waals surface area contributed by atoms with E-state index >= 15 is 0 Å². The predicted octanol–water partition coefficient (Wildman–Crippen LogP) is 3.43. The van der Waals surface area contributed by atoms with Crippen molar-refractivity contribution in [2.24, 2.45) is 5.92 Å². The molecule has 1 atom stereocenters. The van der Waals surface area contributed by atoms with E-state index in [4.69, 9.17) is 11.6 Å². The summed E-state index contributed by atoms with van der Waals surface area (Å²) in [5.41, 5.74) is 0.939. The van der Waals surface area contributed by atoms with Crippen LogP contribution in [0.1, 0.15) is 38.2 Å². The minimum atomic E-state index is 0.465. The summed E-state index contributed by atoms with van der Waals surface area (Å²) in [6.07, 6.45) is 6.89. The van der Waals surface area contributed by atoms with Crippen LogP contribution in [0.15, 0.2) is 6.33 Å². The molecular weight excluding hydrogens is 222 g/mol. The fraction of sp³-hybridized carbons (Fsp3) is 0.667. The van der Waals surface area contributed by atoms with Crippen LogP contribution >= 0.6 is 11.6 Å². The van der Waals surface area contributed by atoms with Crippen molar-refractivity contribution in [3.63, 3.8) is 0 Å². The third-order valence-corrected chi connectivity index (χ3v) is 3.87.